The van der Waals surface area contributed by atoms with Gasteiger partial charge in [-0.1, -0.05) is 194 Å². The number of nitrogens with zero attached hydrogens (tertiary/aromatic N) is 3. The van der Waals surface area contributed by atoms with Crippen molar-refractivity contribution in [2.24, 2.45) is 10.8 Å². The Bertz CT molecular complexity index is 2280. The van der Waals surface area contributed by atoms with E-state index in [-0.39, 0.29) is 37.8 Å². The Hall–Kier alpha value is -5.68. The Morgan fingerprint density at radius 1 is 0.615 bits per heavy atom. The van der Waals surface area contributed by atoms with Gasteiger partial charge in [-0.05, 0) is 69.1 Å². The first-order valence-electron chi connectivity index (χ1n) is 21.4. The molecule has 0 spiro atoms. The zero-order valence-corrected chi connectivity index (χ0v) is 40.7. The molecule has 11 heteroatoms. The molecule has 0 fully saturated rings. The highest BCUT2D eigenvalue weighted by Crippen LogP contribution is 2.35. The first-order chi connectivity index (χ1) is 29.5. The minimum absolute atomic E-state index is 0. The van der Waals surface area contributed by atoms with Gasteiger partial charge in [0.05, 0.1) is 29.7 Å². The summed E-state index contributed by atoms with van der Waals surface area (Å²) in [6.07, 6.45) is 2.97. The normalized spacial score (nSPS) is 12.3. The highest BCUT2D eigenvalue weighted by atomic mass is 79.9. The average Bonchev–Trinajstić information content (AvgIpc) is 3.87. The Balaban J connectivity index is 0.000000379. The molecule has 0 bridgehead atoms. The lowest BCUT2D eigenvalue weighted by Gasteiger charge is -2.32. The Morgan fingerprint density at radius 2 is 1.03 bits per heavy atom. The van der Waals surface area contributed by atoms with E-state index in [1.165, 1.54) is 11.1 Å². The van der Waals surface area contributed by atoms with Crippen LogP contribution < -0.4 is 10.6 Å². The third-order valence-electron chi connectivity index (χ3n) is 9.34. The van der Waals surface area contributed by atoms with Gasteiger partial charge >= 0.3 is 12.2 Å². The summed E-state index contributed by atoms with van der Waals surface area (Å²) in [5.41, 5.74) is 4.80. The van der Waals surface area contributed by atoms with Crippen molar-refractivity contribution in [2.45, 2.75) is 133 Å². The Kier molecular flexibility index (Phi) is 21.0. The van der Waals surface area contributed by atoms with Crippen LogP contribution in [0.15, 0.2) is 134 Å². The molecule has 65 heavy (non-hydrogen) atoms. The van der Waals surface area contributed by atoms with Gasteiger partial charge in [0.15, 0.2) is 0 Å². The molecule has 0 unspecified atom stereocenters. The van der Waals surface area contributed by atoms with Gasteiger partial charge in [0.2, 0.25) is 0 Å². The summed E-state index contributed by atoms with van der Waals surface area (Å²) in [6, 6.07) is 40.0. The van der Waals surface area contributed by atoms with Crippen LogP contribution in [0.25, 0.3) is 22.5 Å². The van der Waals surface area contributed by atoms with Gasteiger partial charge in [-0.15, -0.1) is 0 Å². The fourth-order valence-corrected chi connectivity index (χ4v) is 6.72. The molecule has 6 aromatic rings. The molecule has 0 aliphatic carbocycles. The van der Waals surface area contributed by atoms with Crippen molar-refractivity contribution in [3.05, 3.63) is 156 Å². The fraction of sp³-hybridized carbons (Fsp3) is 0.407. The molecule has 3 N–H and O–H groups in total. The zero-order valence-electron chi connectivity index (χ0n) is 39.1. The van der Waals surface area contributed by atoms with Gasteiger partial charge in [-0.3, -0.25) is 0 Å². The number of benzene rings is 4. The first kappa shape index (κ1) is 55.5. The van der Waals surface area contributed by atoms with E-state index in [4.69, 9.17) is 14.5 Å². The van der Waals surface area contributed by atoms with Crippen LogP contribution in [0.2, 0.25) is 0 Å². The summed E-state index contributed by atoms with van der Waals surface area (Å²) in [5.74, 6) is 1.52. The van der Waals surface area contributed by atoms with Crippen LogP contribution in [-0.4, -0.2) is 42.9 Å². The molecule has 0 aliphatic rings. The van der Waals surface area contributed by atoms with Crippen LogP contribution in [0.4, 0.5) is 9.59 Å². The summed E-state index contributed by atoms with van der Waals surface area (Å²) < 4.78 is 13.1. The number of aromatic nitrogens is 4. The Morgan fingerprint density at radius 3 is 1.45 bits per heavy atom. The van der Waals surface area contributed by atoms with Gasteiger partial charge in [0.1, 0.15) is 22.9 Å². The summed E-state index contributed by atoms with van der Waals surface area (Å²) in [5, 5.41) is 6.97. The number of carbonyl (C=O) groups is 2. The van der Waals surface area contributed by atoms with E-state index in [2.05, 4.69) is 113 Å². The minimum Gasteiger partial charge on any atom is -0.444 e. The molecule has 10 nitrogen and oxygen atoms in total. The molecule has 0 saturated heterocycles. The quantitative estimate of drug-likeness (QED) is 0.124. The van der Waals surface area contributed by atoms with E-state index in [1.807, 2.05) is 139 Å². The second-order valence-corrected chi connectivity index (χ2v) is 20.1. The van der Waals surface area contributed by atoms with Gasteiger partial charge in [-0.2, -0.15) is 0 Å². The number of hydrogen-bond acceptors (Lipinski definition) is 6. The maximum atomic E-state index is 12.7. The molecule has 2 atom stereocenters. The summed E-state index contributed by atoms with van der Waals surface area (Å²) in [6.45, 7) is 24.2. The third kappa shape index (κ3) is 18.8. The molecule has 0 saturated carbocycles. The van der Waals surface area contributed by atoms with E-state index < -0.39 is 23.4 Å². The number of H-pyrrole nitrogens is 1. The first-order valence-corrected chi connectivity index (χ1v) is 22.5. The lowest BCUT2D eigenvalue weighted by molar-refractivity contribution is 0.0447. The summed E-state index contributed by atoms with van der Waals surface area (Å²) in [4.78, 5) is 37.6. The SMILES string of the molecule is BrCc1ccccc1.C.C.CC(C)(C)OC(=O)N[C@@H](c1nc(-c2ccccc2)cn1Cc1ccccc1)C(C)(C)C.CC(C)(C)OC(=O)N[C@@H](c1ncc(-c2ccccc2)[nH]1)C(C)(C)C. The molecule has 352 valence electrons. The average molecular weight is 952 g/mol. The lowest BCUT2D eigenvalue weighted by atomic mass is 9.86. The summed E-state index contributed by atoms with van der Waals surface area (Å²) in [7, 11) is 0. The maximum absolute atomic E-state index is 12.7. The van der Waals surface area contributed by atoms with Crippen LogP contribution in [0, 0.1) is 10.8 Å². The largest absolute Gasteiger partial charge is 0.444 e. The van der Waals surface area contributed by atoms with Crippen molar-refractivity contribution >= 4 is 28.1 Å². The zero-order chi connectivity index (χ0) is 46.4. The van der Waals surface area contributed by atoms with Gasteiger partial charge in [0.25, 0.3) is 0 Å². The molecule has 0 radical (unpaired) electrons. The number of aromatic amines is 1. The number of ether oxygens (including phenoxy) is 2. The van der Waals surface area contributed by atoms with E-state index in [0.717, 1.165) is 33.7 Å². The van der Waals surface area contributed by atoms with Crippen molar-refractivity contribution in [2.75, 3.05) is 0 Å². The minimum atomic E-state index is -0.568. The predicted octanol–water partition coefficient (Wildman–Crippen LogP) is 14.8. The molecular formula is C54H75BrN6O4. The van der Waals surface area contributed by atoms with Crippen LogP contribution >= 0.6 is 15.9 Å². The van der Waals surface area contributed by atoms with Crippen molar-refractivity contribution < 1.29 is 19.1 Å². The van der Waals surface area contributed by atoms with Crippen molar-refractivity contribution in [3.8, 4) is 22.5 Å². The Labute approximate surface area is 398 Å². The number of alkyl halides is 1. The van der Waals surface area contributed by atoms with E-state index in [0.29, 0.717) is 12.4 Å². The van der Waals surface area contributed by atoms with Crippen LogP contribution in [0.5, 0.6) is 0 Å². The molecule has 2 amide bonds. The number of imidazole rings is 2. The van der Waals surface area contributed by atoms with Gasteiger partial charge in [-0.25, -0.2) is 19.6 Å². The van der Waals surface area contributed by atoms with Gasteiger partial charge in [0, 0.05) is 23.6 Å². The van der Waals surface area contributed by atoms with Crippen LogP contribution in [0.1, 0.15) is 133 Å². The number of nitrogens with one attached hydrogen (secondary N) is 3. The number of halogens is 1. The number of carbonyl (C=O) groups excluding carboxylic acids is 2. The number of amides is 2. The second kappa shape index (κ2) is 24.6. The van der Waals surface area contributed by atoms with Crippen LogP contribution in [0.3, 0.4) is 0 Å². The molecule has 4 aromatic carbocycles. The van der Waals surface area contributed by atoms with Crippen molar-refractivity contribution in [1.29, 1.82) is 0 Å². The molecule has 2 heterocycles. The van der Waals surface area contributed by atoms with Gasteiger partial charge < -0.3 is 29.7 Å². The second-order valence-electron chi connectivity index (χ2n) is 19.5. The molecule has 2 aromatic heterocycles. The molecular weight excluding hydrogens is 877 g/mol. The topological polar surface area (TPSA) is 123 Å². The van der Waals surface area contributed by atoms with E-state index >= 15 is 0 Å². The fourth-order valence-electron chi connectivity index (χ4n) is 6.34. The van der Waals surface area contributed by atoms with Crippen molar-refractivity contribution in [1.82, 2.24) is 30.2 Å². The highest BCUT2D eigenvalue weighted by molar-refractivity contribution is 9.08. The smallest absolute Gasteiger partial charge is 0.408 e. The maximum Gasteiger partial charge on any atom is 0.408 e. The van der Waals surface area contributed by atoms with E-state index in [1.54, 1.807) is 6.20 Å². The molecule has 6 rings (SSSR count). The van der Waals surface area contributed by atoms with Crippen LogP contribution in [-0.2, 0) is 21.3 Å². The monoisotopic (exact) mass is 951 g/mol. The molecule has 0 aliphatic heterocycles. The van der Waals surface area contributed by atoms with E-state index in [9.17, 15) is 9.59 Å². The number of hydrogen-bond donors (Lipinski definition) is 3. The van der Waals surface area contributed by atoms with Crippen molar-refractivity contribution in [3.63, 3.8) is 0 Å². The number of rotatable bonds is 9. The number of alkyl carbamates (subject to hydrolysis) is 2. The predicted molar refractivity (Wildman–Crippen MR) is 273 cm³/mol. The highest BCUT2D eigenvalue weighted by Gasteiger charge is 2.34. The third-order valence-corrected chi connectivity index (χ3v) is 9.98. The summed E-state index contributed by atoms with van der Waals surface area (Å²) >= 11 is 3.36. The lowest BCUT2D eigenvalue weighted by Crippen LogP contribution is -2.41. The standard InChI is InChI=1S/C26H33N3O2.C19H27N3O2.C7H7Br.2CH4/c1-25(2,3)22(28-24(30)31-26(4,5)6)23-27-21(20-15-11-8-12-16-20)18-29(23)17-19-13-9-7-10-14-19;1-18(2,3)15(22-17(23)24-19(4,5)6)16-20-12-14(21-16)13-10-8-7-9-11-13;8-6-7-4-2-1-3-5-7;;/h7-16,18,22H,17H2,1-6H3,(H,28,30);7-12,15H,1-6H3,(H,20,21)(H,22,23);1-5H,6H2;2*1H4/t22-;15-;;;/m00.../s1.